The lowest BCUT2D eigenvalue weighted by atomic mass is 9.89. The number of aliphatic hydroxyl groups excluding tert-OH is 1. The van der Waals surface area contributed by atoms with Gasteiger partial charge >= 0.3 is 6.09 Å². The van der Waals surface area contributed by atoms with Gasteiger partial charge in [-0.25, -0.2) is 4.79 Å². The Hall–Kier alpha value is -1.75. The number of hydrogen-bond donors (Lipinski definition) is 2. The fraction of sp³-hybridized carbons (Fsp3) is 0.650. The summed E-state index contributed by atoms with van der Waals surface area (Å²) >= 11 is 0. The van der Waals surface area contributed by atoms with Gasteiger partial charge in [0, 0.05) is 11.6 Å². The number of nitrogens with zero attached hydrogens (tertiary/aromatic N) is 1. The number of aromatic hydroxyl groups is 1. The van der Waals surface area contributed by atoms with Crippen LogP contribution in [0.1, 0.15) is 71.4 Å². The van der Waals surface area contributed by atoms with Crippen molar-refractivity contribution in [2.45, 2.75) is 83.6 Å². The minimum absolute atomic E-state index is 0.00260. The number of hydrogen-bond acceptors (Lipinski definition) is 4. The van der Waals surface area contributed by atoms with Crippen LogP contribution in [0.2, 0.25) is 0 Å². The van der Waals surface area contributed by atoms with Gasteiger partial charge in [-0.15, -0.1) is 0 Å². The summed E-state index contributed by atoms with van der Waals surface area (Å²) in [5.41, 5.74) is 0.155. The Balaban J connectivity index is 2.35. The van der Waals surface area contributed by atoms with E-state index in [-0.39, 0.29) is 30.0 Å². The number of rotatable bonds is 4. The van der Waals surface area contributed by atoms with Crippen LogP contribution in [0.25, 0.3) is 0 Å². The van der Waals surface area contributed by atoms with E-state index >= 15 is 0 Å². The minimum Gasteiger partial charge on any atom is -0.508 e. The fourth-order valence-electron chi connectivity index (χ4n) is 3.52. The van der Waals surface area contributed by atoms with Gasteiger partial charge in [0.15, 0.2) is 0 Å². The number of ether oxygens (including phenoxy) is 1. The zero-order chi connectivity index (χ0) is 18.6. The molecule has 1 unspecified atom stereocenters. The molecule has 0 heterocycles. The molecule has 2 rings (SSSR count). The maximum Gasteiger partial charge on any atom is 0.411 e. The fourth-order valence-corrected chi connectivity index (χ4v) is 3.52. The quantitative estimate of drug-likeness (QED) is 0.846. The number of para-hydroxylation sites is 1. The number of benzene rings is 1. The number of aliphatic hydroxyl groups is 1. The van der Waals surface area contributed by atoms with Crippen molar-refractivity contribution in [2.24, 2.45) is 0 Å². The molecule has 1 aromatic rings. The summed E-state index contributed by atoms with van der Waals surface area (Å²) in [5, 5.41) is 20.1. The summed E-state index contributed by atoms with van der Waals surface area (Å²) in [6, 6.07) is 6.91. The molecule has 140 valence electrons. The van der Waals surface area contributed by atoms with Gasteiger partial charge in [-0.2, -0.15) is 0 Å². The van der Waals surface area contributed by atoms with Crippen LogP contribution in [0.3, 0.4) is 0 Å². The first-order chi connectivity index (χ1) is 11.7. The Bertz CT molecular complexity index is 573. The Morgan fingerprint density at radius 3 is 2.36 bits per heavy atom. The third kappa shape index (κ3) is 5.11. The predicted octanol–water partition coefficient (Wildman–Crippen LogP) is 4.38. The van der Waals surface area contributed by atoms with Crippen LogP contribution >= 0.6 is 0 Å². The van der Waals surface area contributed by atoms with Crippen molar-refractivity contribution in [1.82, 2.24) is 4.90 Å². The average molecular weight is 349 g/mol. The van der Waals surface area contributed by atoms with Gasteiger partial charge < -0.3 is 14.9 Å². The molecule has 0 bridgehead atoms. The van der Waals surface area contributed by atoms with Crippen LogP contribution in [0.15, 0.2) is 24.3 Å². The average Bonchev–Trinajstić information content (AvgIpc) is 2.53. The van der Waals surface area contributed by atoms with Crippen LogP contribution in [0, 0.1) is 0 Å². The van der Waals surface area contributed by atoms with E-state index in [0.29, 0.717) is 19.3 Å². The van der Waals surface area contributed by atoms with E-state index in [2.05, 4.69) is 0 Å². The molecule has 1 aliphatic carbocycles. The highest BCUT2D eigenvalue weighted by molar-refractivity contribution is 5.69. The van der Waals surface area contributed by atoms with Crippen LogP contribution < -0.4 is 0 Å². The molecule has 2 N–H and O–H groups in total. The van der Waals surface area contributed by atoms with Gasteiger partial charge in [0.1, 0.15) is 11.4 Å². The smallest absolute Gasteiger partial charge is 0.411 e. The minimum atomic E-state index is -0.583. The van der Waals surface area contributed by atoms with Crippen molar-refractivity contribution in [3.63, 3.8) is 0 Å². The molecule has 1 atom stereocenters. The zero-order valence-electron chi connectivity index (χ0n) is 15.7. The van der Waals surface area contributed by atoms with Gasteiger partial charge in [0.05, 0.1) is 12.1 Å². The molecule has 0 spiro atoms. The summed E-state index contributed by atoms with van der Waals surface area (Å²) in [5.74, 6) is 0.193. The third-order valence-corrected chi connectivity index (χ3v) is 4.68. The van der Waals surface area contributed by atoms with Gasteiger partial charge in [-0.1, -0.05) is 25.1 Å². The highest BCUT2D eigenvalue weighted by Crippen LogP contribution is 2.37. The van der Waals surface area contributed by atoms with E-state index in [1.54, 1.807) is 17.0 Å². The van der Waals surface area contributed by atoms with E-state index in [0.717, 1.165) is 18.4 Å². The topological polar surface area (TPSA) is 70.0 Å². The number of phenols is 1. The van der Waals surface area contributed by atoms with Crippen molar-refractivity contribution >= 4 is 6.09 Å². The summed E-state index contributed by atoms with van der Waals surface area (Å²) in [7, 11) is 0. The highest BCUT2D eigenvalue weighted by Gasteiger charge is 2.36. The molecule has 0 aliphatic heterocycles. The van der Waals surface area contributed by atoms with Crippen LogP contribution in [0.5, 0.6) is 5.75 Å². The molecule has 25 heavy (non-hydrogen) atoms. The zero-order valence-corrected chi connectivity index (χ0v) is 15.7. The maximum absolute atomic E-state index is 13.0. The SMILES string of the molecule is CCC(c1ccccc1O)N(C(=O)OC(C)(C)C)C1CCC(O)CC1. The first-order valence-electron chi connectivity index (χ1n) is 9.20. The summed E-state index contributed by atoms with van der Waals surface area (Å²) in [6.07, 6.45) is 2.87. The number of carbonyl (C=O) groups excluding carboxylic acids is 1. The standard InChI is InChI=1S/C20H31NO4/c1-5-17(16-8-6-7-9-18(16)23)21(19(24)25-20(2,3)4)14-10-12-15(22)13-11-14/h6-9,14-15,17,22-23H,5,10-13H2,1-4H3. The van der Waals surface area contributed by atoms with E-state index in [1.807, 2.05) is 39.8 Å². The molecule has 5 heteroatoms. The largest absolute Gasteiger partial charge is 0.508 e. The second-order valence-electron chi connectivity index (χ2n) is 7.83. The van der Waals surface area contributed by atoms with Crippen molar-refractivity contribution < 1.29 is 19.7 Å². The van der Waals surface area contributed by atoms with Crippen LogP contribution in [-0.4, -0.2) is 39.0 Å². The molecule has 0 radical (unpaired) electrons. The maximum atomic E-state index is 13.0. The Morgan fingerprint density at radius 2 is 1.84 bits per heavy atom. The second kappa shape index (κ2) is 8.09. The Labute approximate surface area is 150 Å². The van der Waals surface area contributed by atoms with E-state index in [1.165, 1.54) is 0 Å². The van der Waals surface area contributed by atoms with E-state index < -0.39 is 5.60 Å². The lowest BCUT2D eigenvalue weighted by Gasteiger charge is -2.41. The van der Waals surface area contributed by atoms with E-state index in [4.69, 9.17) is 4.74 Å². The Kier molecular flexibility index (Phi) is 6.33. The normalized spacial score (nSPS) is 22.3. The number of phenolic OH excluding ortho intramolecular Hbond substituents is 1. The van der Waals surface area contributed by atoms with E-state index in [9.17, 15) is 15.0 Å². The summed E-state index contributed by atoms with van der Waals surface area (Å²) in [4.78, 5) is 14.8. The molecule has 0 saturated heterocycles. The molecular formula is C20H31NO4. The van der Waals surface area contributed by atoms with Crippen molar-refractivity contribution in [1.29, 1.82) is 0 Å². The Morgan fingerprint density at radius 1 is 1.24 bits per heavy atom. The first kappa shape index (κ1) is 19.6. The van der Waals surface area contributed by atoms with Gasteiger partial charge in [-0.3, -0.25) is 4.90 Å². The summed E-state index contributed by atoms with van der Waals surface area (Å²) in [6.45, 7) is 7.57. The second-order valence-corrected chi connectivity index (χ2v) is 7.83. The van der Waals surface area contributed by atoms with Gasteiger partial charge in [0.2, 0.25) is 0 Å². The molecule has 1 aromatic carbocycles. The molecule has 5 nitrogen and oxygen atoms in total. The van der Waals surface area contributed by atoms with Crippen molar-refractivity contribution in [2.75, 3.05) is 0 Å². The lowest BCUT2D eigenvalue weighted by Crippen LogP contribution is -2.47. The highest BCUT2D eigenvalue weighted by atomic mass is 16.6. The first-order valence-corrected chi connectivity index (χ1v) is 9.20. The van der Waals surface area contributed by atoms with Crippen molar-refractivity contribution in [3.8, 4) is 5.75 Å². The molecule has 0 aromatic heterocycles. The third-order valence-electron chi connectivity index (χ3n) is 4.68. The monoisotopic (exact) mass is 349 g/mol. The number of carbonyl (C=O) groups is 1. The van der Waals surface area contributed by atoms with Gasteiger partial charge in [-0.05, 0) is 58.9 Å². The van der Waals surface area contributed by atoms with Crippen LogP contribution in [0.4, 0.5) is 4.79 Å². The molecule has 1 fully saturated rings. The van der Waals surface area contributed by atoms with Crippen LogP contribution in [-0.2, 0) is 4.74 Å². The molecular weight excluding hydrogens is 318 g/mol. The van der Waals surface area contributed by atoms with Gasteiger partial charge in [0.25, 0.3) is 0 Å². The predicted molar refractivity (Wildman–Crippen MR) is 97.5 cm³/mol. The number of amides is 1. The lowest BCUT2D eigenvalue weighted by molar-refractivity contribution is -0.00884. The van der Waals surface area contributed by atoms with Crippen molar-refractivity contribution in [3.05, 3.63) is 29.8 Å². The molecule has 1 aliphatic rings. The molecule has 1 amide bonds. The molecule has 1 saturated carbocycles. The summed E-state index contributed by atoms with van der Waals surface area (Å²) < 4.78 is 5.67.